The lowest BCUT2D eigenvalue weighted by Gasteiger charge is -2.13. The third-order valence-corrected chi connectivity index (χ3v) is 2.24. The van der Waals surface area contributed by atoms with Gasteiger partial charge in [-0.05, 0) is 13.3 Å². The molecule has 5 heteroatoms. The molecule has 0 bridgehead atoms. The Kier molecular flexibility index (Phi) is 11.6. The van der Waals surface area contributed by atoms with Crippen LogP contribution in [0.3, 0.4) is 0 Å². The highest BCUT2D eigenvalue weighted by Crippen LogP contribution is 1.99. The average Bonchev–Trinajstić information content (AvgIpc) is 2.32. The summed E-state index contributed by atoms with van der Waals surface area (Å²) in [5.41, 5.74) is 0. The minimum absolute atomic E-state index is 0.248. The van der Waals surface area contributed by atoms with E-state index in [0.29, 0.717) is 13.2 Å². The van der Waals surface area contributed by atoms with Crippen molar-refractivity contribution in [1.29, 1.82) is 5.26 Å². The third-order valence-electron chi connectivity index (χ3n) is 2.24. The molecule has 0 aromatic rings. The molecule has 0 amide bonds. The highest BCUT2D eigenvalue weighted by Gasteiger charge is 2.08. The van der Waals surface area contributed by atoms with Crippen molar-refractivity contribution in [3.05, 3.63) is 0 Å². The van der Waals surface area contributed by atoms with E-state index >= 15 is 0 Å². The fourth-order valence-electron chi connectivity index (χ4n) is 1.33. The Bertz CT molecular complexity index is 250. The predicted octanol–water partition coefficient (Wildman–Crippen LogP) is 2.40. The Morgan fingerprint density at radius 1 is 1.22 bits per heavy atom. The first-order valence-electron chi connectivity index (χ1n) is 6.46. The van der Waals surface area contributed by atoms with Gasteiger partial charge in [0.1, 0.15) is 6.42 Å². The summed E-state index contributed by atoms with van der Waals surface area (Å²) >= 11 is 0. The van der Waals surface area contributed by atoms with E-state index in [2.05, 4.69) is 6.92 Å². The van der Waals surface area contributed by atoms with Crippen LogP contribution in [0.2, 0.25) is 0 Å². The van der Waals surface area contributed by atoms with Crippen LogP contribution in [0.4, 0.5) is 0 Å². The van der Waals surface area contributed by atoms with E-state index in [1.165, 1.54) is 19.3 Å². The maximum atomic E-state index is 10.9. The number of carbonyl (C=O) groups excluding carboxylic acids is 1. The monoisotopic (exact) mass is 257 g/mol. The molecule has 0 fully saturated rings. The smallest absolute Gasteiger partial charge is 0.322 e. The van der Waals surface area contributed by atoms with E-state index in [-0.39, 0.29) is 6.42 Å². The maximum absolute atomic E-state index is 10.9. The second-order valence-electron chi connectivity index (χ2n) is 3.94. The number of nitriles is 1. The van der Waals surface area contributed by atoms with Gasteiger partial charge in [0.05, 0.1) is 19.3 Å². The Hall–Kier alpha value is -1.12. The zero-order valence-corrected chi connectivity index (χ0v) is 11.3. The van der Waals surface area contributed by atoms with Crippen molar-refractivity contribution in [3.8, 4) is 6.07 Å². The summed E-state index contributed by atoms with van der Waals surface area (Å²) in [6.45, 7) is 5.41. The molecule has 104 valence electrons. The van der Waals surface area contributed by atoms with Gasteiger partial charge in [0.25, 0.3) is 0 Å². The summed E-state index contributed by atoms with van der Waals surface area (Å²) < 4.78 is 15.4. The minimum atomic E-state index is -0.630. The van der Waals surface area contributed by atoms with Crippen LogP contribution in [0.1, 0.15) is 46.0 Å². The standard InChI is InChI=1S/C13H23NO4/c1-3-4-5-6-9-16-10-11-17-12(2)18-13(15)7-8-14/h12H,3-7,9-11H2,1-2H3. The fraction of sp³-hybridized carbons (Fsp3) is 0.846. The van der Waals surface area contributed by atoms with E-state index in [9.17, 15) is 4.79 Å². The molecule has 18 heavy (non-hydrogen) atoms. The molecule has 0 aliphatic rings. The number of ether oxygens (including phenoxy) is 3. The quantitative estimate of drug-likeness (QED) is 0.323. The molecule has 1 atom stereocenters. The van der Waals surface area contributed by atoms with Gasteiger partial charge in [0, 0.05) is 6.61 Å². The summed E-state index contributed by atoms with van der Waals surface area (Å²) in [6, 6.07) is 1.72. The molecule has 0 rings (SSSR count). The Morgan fingerprint density at radius 2 is 2.00 bits per heavy atom. The van der Waals surface area contributed by atoms with E-state index in [4.69, 9.17) is 19.5 Å². The van der Waals surface area contributed by atoms with E-state index in [1.54, 1.807) is 13.0 Å². The molecule has 0 N–H and O–H groups in total. The minimum Gasteiger partial charge on any atom is -0.435 e. The Labute approximate surface area is 109 Å². The zero-order chi connectivity index (χ0) is 13.6. The third kappa shape index (κ3) is 11.4. The SMILES string of the molecule is CCCCCCOCCOC(C)OC(=O)CC#N. The van der Waals surface area contributed by atoms with Crippen molar-refractivity contribution < 1.29 is 19.0 Å². The lowest BCUT2D eigenvalue weighted by Crippen LogP contribution is -2.20. The molecule has 0 radical (unpaired) electrons. The van der Waals surface area contributed by atoms with Crippen LogP contribution >= 0.6 is 0 Å². The molecule has 0 aromatic heterocycles. The molecule has 0 spiro atoms. The molecule has 0 heterocycles. The highest BCUT2D eigenvalue weighted by atomic mass is 16.7. The Balaban J connectivity index is 3.28. The predicted molar refractivity (Wildman–Crippen MR) is 66.7 cm³/mol. The van der Waals surface area contributed by atoms with Crippen LogP contribution in [0, 0.1) is 11.3 Å². The average molecular weight is 257 g/mol. The van der Waals surface area contributed by atoms with Crippen LogP contribution in [-0.4, -0.2) is 32.1 Å². The van der Waals surface area contributed by atoms with Gasteiger partial charge in [-0.25, -0.2) is 0 Å². The second-order valence-corrected chi connectivity index (χ2v) is 3.94. The van der Waals surface area contributed by atoms with Crippen molar-refractivity contribution in [2.45, 2.75) is 52.2 Å². The Morgan fingerprint density at radius 3 is 2.67 bits per heavy atom. The normalized spacial score (nSPS) is 11.8. The zero-order valence-electron chi connectivity index (χ0n) is 11.3. The summed E-state index contributed by atoms with van der Waals surface area (Å²) in [7, 11) is 0. The summed E-state index contributed by atoms with van der Waals surface area (Å²) in [5.74, 6) is -0.564. The number of nitrogens with zero attached hydrogens (tertiary/aromatic N) is 1. The van der Waals surface area contributed by atoms with Gasteiger partial charge in [-0.15, -0.1) is 0 Å². The first-order chi connectivity index (χ1) is 8.70. The van der Waals surface area contributed by atoms with Gasteiger partial charge in [0.15, 0.2) is 6.29 Å². The van der Waals surface area contributed by atoms with Crippen molar-refractivity contribution in [1.82, 2.24) is 0 Å². The van der Waals surface area contributed by atoms with Crippen LogP contribution in [-0.2, 0) is 19.0 Å². The van der Waals surface area contributed by atoms with Gasteiger partial charge >= 0.3 is 5.97 Å². The maximum Gasteiger partial charge on any atom is 0.322 e. The van der Waals surface area contributed by atoms with Crippen molar-refractivity contribution >= 4 is 5.97 Å². The molecule has 0 saturated heterocycles. The number of carbonyl (C=O) groups is 1. The summed E-state index contributed by atoms with van der Waals surface area (Å²) in [4.78, 5) is 10.9. The van der Waals surface area contributed by atoms with Gasteiger partial charge in [-0.1, -0.05) is 26.2 Å². The van der Waals surface area contributed by atoms with E-state index < -0.39 is 12.3 Å². The van der Waals surface area contributed by atoms with Gasteiger partial charge in [-0.3, -0.25) is 4.79 Å². The second kappa shape index (κ2) is 12.3. The summed E-state index contributed by atoms with van der Waals surface area (Å²) in [6.07, 6.45) is 3.84. The largest absolute Gasteiger partial charge is 0.435 e. The van der Waals surface area contributed by atoms with Crippen molar-refractivity contribution in [2.75, 3.05) is 19.8 Å². The van der Waals surface area contributed by atoms with Crippen LogP contribution < -0.4 is 0 Å². The highest BCUT2D eigenvalue weighted by molar-refractivity contribution is 5.71. The lowest BCUT2D eigenvalue weighted by atomic mass is 10.2. The molecule has 0 saturated carbocycles. The molecule has 0 aliphatic heterocycles. The van der Waals surface area contributed by atoms with Crippen LogP contribution in [0.15, 0.2) is 0 Å². The van der Waals surface area contributed by atoms with E-state index in [0.717, 1.165) is 13.0 Å². The molecular formula is C13H23NO4. The van der Waals surface area contributed by atoms with Gasteiger partial charge in [-0.2, -0.15) is 5.26 Å². The molecule has 0 aliphatic carbocycles. The van der Waals surface area contributed by atoms with Gasteiger partial charge in [0.2, 0.25) is 0 Å². The van der Waals surface area contributed by atoms with Crippen molar-refractivity contribution in [3.63, 3.8) is 0 Å². The molecular weight excluding hydrogens is 234 g/mol. The number of hydrogen-bond donors (Lipinski definition) is 0. The van der Waals surface area contributed by atoms with Gasteiger partial charge < -0.3 is 14.2 Å². The van der Waals surface area contributed by atoms with Crippen LogP contribution in [0.5, 0.6) is 0 Å². The molecule has 1 unspecified atom stereocenters. The number of rotatable bonds is 11. The first-order valence-corrected chi connectivity index (χ1v) is 6.46. The first kappa shape index (κ1) is 16.9. The number of esters is 1. The van der Waals surface area contributed by atoms with Crippen molar-refractivity contribution in [2.24, 2.45) is 0 Å². The number of hydrogen-bond acceptors (Lipinski definition) is 5. The lowest BCUT2D eigenvalue weighted by molar-refractivity contribution is -0.175. The van der Waals surface area contributed by atoms with E-state index in [1.807, 2.05) is 0 Å². The molecule has 0 aromatic carbocycles. The molecule has 5 nitrogen and oxygen atoms in total. The topological polar surface area (TPSA) is 68.6 Å². The fourth-order valence-corrected chi connectivity index (χ4v) is 1.33. The number of unbranched alkanes of at least 4 members (excludes halogenated alkanes) is 3. The van der Waals surface area contributed by atoms with Crippen LogP contribution in [0.25, 0.3) is 0 Å². The summed E-state index contributed by atoms with van der Waals surface area (Å²) in [5, 5.41) is 8.27.